The molecule has 0 spiro atoms. The van der Waals surface area contributed by atoms with Gasteiger partial charge in [-0.2, -0.15) is 13.2 Å². The molecule has 0 N–H and O–H groups in total. The SMILES string of the molecule is FC(F)(F)c1csc(I)n1. The van der Waals surface area contributed by atoms with Gasteiger partial charge in [0.15, 0.2) is 8.71 Å². The number of halogens is 4. The zero-order valence-electron chi connectivity index (χ0n) is 4.44. The molecule has 1 aromatic rings. The van der Waals surface area contributed by atoms with E-state index in [1.165, 1.54) is 0 Å². The zero-order valence-corrected chi connectivity index (χ0v) is 7.42. The third kappa shape index (κ3) is 1.82. The summed E-state index contributed by atoms with van der Waals surface area (Å²) in [5.74, 6) is 0. The highest BCUT2D eigenvalue weighted by molar-refractivity contribution is 14.1. The van der Waals surface area contributed by atoms with Crippen molar-refractivity contribution in [1.82, 2.24) is 4.98 Å². The molecular weight excluding hydrogens is 278 g/mol. The quantitative estimate of drug-likeness (QED) is 0.665. The summed E-state index contributed by atoms with van der Waals surface area (Å²) in [6.45, 7) is 0. The van der Waals surface area contributed by atoms with E-state index in [-0.39, 0.29) is 0 Å². The average molecular weight is 279 g/mol. The van der Waals surface area contributed by atoms with Crippen LogP contribution in [0.15, 0.2) is 5.38 Å². The van der Waals surface area contributed by atoms with Crippen LogP contribution < -0.4 is 0 Å². The Morgan fingerprint density at radius 2 is 2.10 bits per heavy atom. The molecule has 0 aliphatic heterocycles. The zero-order chi connectivity index (χ0) is 7.78. The second-order valence-electron chi connectivity index (χ2n) is 1.48. The van der Waals surface area contributed by atoms with Gasteiger partial charge in [-0.25, -0.2) is 4.98 Å². The molecule has 0 saturated carbocycles. The van der Waals surface area contributed by atoms with Gasteiger partial charge in [-0.15, -0.1) is 11.3 Å². The molecule has 0 amide bonds. The van der Waals surface area contributed by atoms with Crippen molar-refractivity contribution >= 4 is 33.9 Å². The van der Waals surface area contributed by atoms with Crippen molar-refractivity contribution in [2.45, 2.75) is 6.18 Å². The number of thiazole rings is 1. The minimum absolute atomic E-state index is 0.407. The first-order valence-corrected chi connectivity index (χ1v) is 4.14. The molecule has 0 aromatic carbocycles. The van der Waals surface area contributed by atoms with Crippen molar-refractivity contribution < 1.29 is 13.2 Å². The molecule has 1 rings (SSSR count). The summed E-state index contributed by atoms with van der Waals surface area (Å²) < 4.78 is 35.6. The van der Waals surface area contributed by atoms with E-state index in [1.807, 2.05) is 0 Å². The van der Waals surface area contributed by atoms with Gasteiger partial charge in [0.25, 0.3) is 0 Å². The minimum Gasteiger partial charge on any atom is -0.226 e. The maximum atomic E-state index is 11.7. The Kier molecular flexibility index (Phi) is 2.18. The normalized spacial score (nSPS) is 12.0. The lowest BCUT2D eigenvalue weighted by molar-refractivity contribution is -0.140. The van der Waals surface area contributed by atoms with E-state index in [0.29, 0.717) is 3.01 Å². The molecule has 0 radical (unpaired) electrons. The second kappa shape index (κ2) is 2.65. The van der Waals surface area contributed by atoms with Crippen molar-refractivity contribution in [3.05, 3.63) is 14.1 Å². The predicted molar refractivity (Wildman–Crippen MR) is 39.8 cm³/mol. The molecule has 0 aliphatic rings. The standard InChI is InChI=1S/C4HF3INS/c5-4(6,7)2-1-10-3(8)9-2/h1H. The monoisotopic (exact) mass is 279 g/mol. The summed E-state index contributed by atoms with van der Waals surface area (Å²) in [5.41, 5.74) is -0.804. The molecule has 1 aromatic heterocycles. The summed E-state index contributed by atoms with van der Waals surface area (Å²) >= 11 is 2.73. The Morgan fingerprint density at radius 3 is 2.30 bits per heavy atom. The van der Waals surface area contributed by atoms with Gasteiger partial charge >= 0.3 is 6.18 Å². The fourth-order valence-corrected chi connectivity index (χ4v) is 1.57. The lowest BCUT2D eigenvalue weighted by Gasteiger charge is -1.98. The van der Waals surface area contributed by atoms with Crippen molar-refractivity contribution in [3.8, 4) is 0 Å². The van der Waals surface area contributed by atoms with Crippen molar-refractivity contribution in [3.63, 3.8) is 0 Å². The molecule has 0 bridgehead atoms. The van der Waals surface area contributed by atoms with Crippen LogP contribution in [0.4, 0.5) is 13.2 Å². The molecule has 0 aliphatic carbocycles. The summed E-state index contributed by atoms with van der Waals surface area (Å²) in [7, 11) is 0. The fraction of sp³-hybridized carbons (Fsp3) is 0.250. The summed E-state index contributed by atoms with van der Waals surface area (Å²) in [4.78, 5) is 3.26. The minimum atomic E-state index is -4.29. The van der Waals surface area contributed by atoms with Crippen LogP contribution in [-0.2, 0) is 6.18 Å². The Bertz CT molecular complexity index is 231. The van der Waals surface area contributed by atoms with Crippen LogP contribution in [0.3, 0.4) is 0 Å². The number of hydrogen-bond donors (Lipinski definition) is 0. The first-order chi connectivity index (χ1) is 4.50. The summed E-state index contributed by atoms with van der Waals surface area (Å²) in [5, 5.41) is 1.00. The van der Waals surface area contributed by atoms with Gasteiger partial charge in [0.2, 0.25) is 0 Å². The van der Waals surface area contributed by atoms with Crippen molar-refractivity contribution in [2.75, 3.05) is 0 Å². The highest BCUT2D eigenvalue weighted by atomic mass is 127. The molecule has 6 heteroatoms. The third-order valence-corrected chi connectivity index (χ3v) is 2.40. The second-order valence-corrected chi connectivity index (χ2v) is 4.10. The van der Waals surface area contributed by atoms with Crippen LogP contribution in [0.25, 0.3) is 0 Å². The summed E-state index contributed by atoms with van der Waals surface area (Å²) in [6, 6.07) is 0. The lowest BCUT2D eigenvalue weighted by atomic mass is 10.5. The Morgan fingerprint density at radius 1 is 1.50 bits per heavy atom. The third-order valence-electron chi connectivity index (χ3n) is 0.767. The molecule has 1 heterocycles. The average Bonchev–Trinajstić information content (AvgIpc) is 2.11. The van der Waals surface area contributed by atoms with E-state index >= 15 is 0 Å². The lowest BCUT2D eigenvalue weighted by Crippen LogP contribution is -2.04. The summed E-state index contributed by atoms with van der Waals surface area (Å²) in [6.07, 6.45) is -4.29. The first kappa shape index (κ1) is 8.25. The van der Waals surface area contributed by atoms with Crippen LogP contribution in [0, 0.1) is 3.01 Å². The Hall–Kier alpha value is 0.150. The molecule has 56 valence electrons. The molecule has 0 fully saturated rings. The number of aromatic nitrogens is 1. The molecule has 0 atom stereocenters. The van der Waals surface area contributed by atoms with Crippen LogP contribution in [0.2, 0.25) is 0 Å². The van der Waals surface area contributed by atoms with Crippen LogP contribution in [0.5, 0.6) is 0 Å². The van der Waals surface area contributed by atoms with Gasteiger partial charge in [-0.05, 0) is 22.6 Å². The topological polar surface area (TPSA) is 12.9 Å². The van der Waals surface area contributed by atoms with E-state index in [0.717, 1.165) is 16.7 Å². The van der Waals surface area contributed by atoms with E-state index < -0.39 is 11.9 Å². The Labute approximate surface area is 72.4 Å². The van der Waals surface area contributed by atoms with E-state index in [4.69, 9.17) is 0 Å². The van der Waals surface area contributed by atoms with Crippen LogP contribution in [0.1, 0.15) is 5.69 Å². The van der Waals surface area contributed by atoms with Crippen molar-refractivity contribution in [1.29, 1.82) is 0 Å². The van der Waals surface area contributed by atoms with Gasteiger partial charge in [-0.1, -0.05) is 0 Å². The number of rotatable bonds is 0. The highest BCUT2D eigenvalue weighted by Crippen LogP contribution is 2.30. The van der Waals surface area contributed by atoms with Gasteiger partial charge in [0, 0.05) is 5.38 Å². The van der Waals surface area contributed by atoms with Gasteiger partial charge < -0.3 is 0 Å². The molecule has 0 unspecified atom stereocenters. The van der Waals surface area contributed by atoms with Crippen LogP contribution in [-0.4, -0.2) is 4.98 Å². The highest BCUT2D eigenvalue weighted by Gasteiger charge is 2.33. The number of nitrogens with zero attached hydrogens (tertiary/aromatic N) is 1. The fourth-order valence-electron chi connectivity index (χ4n) is 0.382. The Balaban J connectivity index is 2.96. The predicted octanol–water partition coefficient (Wildman–Crippen LogP) is 2.77. The number of alkyl halides is 3. The molecule has 0 saturated heterocycles. The van der Waals surface area contributed by atoms with E-state index in [2.05, 4.69) is 4.98 Å². The van der Waals surface area contributed by atoms with E-state index in [1.54, 1.807) is 22.6 Å². The van der Waals surface area contributed by atoms with Crippen LogP contribution >= 0.6 is 33.9 Å². The van der Waals surface area contributed by atoms with Crippen molar-refractivity contribution in [2.24, 2.45) is 0 Å². The number of hydrogen-bond acceptors (Lipinski definition) is 2. The molecule has 10 heavy (non-hydrogen) atoms. The first-order valence-electron chi connectivity index (χ1n) is 2.18. The van der Waals surface area contributed by atoms with E-state index in [9.17, 15) is 13.2 Å². The van der Waals surface area contributed by atoms with Gasteiger partial charge in [0.05, 0.1) is 0 Å². The molecule has 1 nitrogen and oxygen atoms in total. The largest absolute Gasteiger partial charge is 0.434 e. The molecular formula is C4HF3INS. The maximum absolute atomic E-state index is 11.7. The smallest absolute Gasteiger partial charge is 0.226 e. The van der Waals surface area contributed by atoms with Gasteiger partial charge in [-0.3, -0.25) is 0 Å². The maximum Gasteiger partial charge on any atom is 0.434 e. The van der Waals surface area contributed by atoms with Gasteiger partial charge in [0.1, 0.15) is 0 Å².